The molecule has 0 saturated carbocycles. The zero-order valence-corrected chi connectivity index (χ0v) is 20.7. The number of ether oxygens (including phenoxy) is 2. The van der Waals surface area contributed by atoms with Crippen molar-refractivity contribution in [2.45, 2.75) is 13.5 Å². The molecule has 0 atom stereocenters. The fourth-order valence-corrected chi connectivity index (χ4v) is 4.93. The number of benzene rings is 3. The van der Waals surface area contributed by atoms with Gasteiger partial charge in [0.15, 0.2) is 0 Å². The first-order valence-corrected chi connectivity index (χ1v) is 12.6. The zero-order valence-electron chi connectivity index (χ0n) is 19.9. The maximum Gasteiger partial charge on any atom is 0.293 e. The van der Waals surface area contributed by atoms with Crippen molar-refractivity contribution in [2.75, 3.05) is 19.8 Å². The van der Waals surface area contributed by atoms with Crippen LogP contribution in [-0.4, -0.2) is 40.4 Å². The first-order chi connectivity index (χ1) is 17.6. The monoisotopic (exact) mass is 498 g/mol. The highest BCUT2D eigenvalue weighted by Crippen LogP contribution is 2.34. The molecule has 0 unspecified atom stereocenters. The van der Waals surface area contributed by atoms with Crippen molar-refractivity contribution in [3.63, 3.8) is 0 Å². The van der Waals surface area contributed by atoms with Crippen LogP contribution in [0.1, 0.15) is 11.1 Å². The van der Waals surface area contributed by atoms with E-state index in [2.05, 4.69) is 4.57 Å². The van der Waals surface area contributed by atoms with Gasteiger partial charge >= 0.3 is 0 Å². The smallest absolute Gasteiger partial charge is 0.293 e. The molecule has 36 heavy (non-hydrogen) atoms. The van der Waals surface area contributed by atoms with Gasteiger partial charge in [0.2, 0.25) is 0 Å². The summed E-state index contributed by atoms with van der Waals surface area (Å²) >= 11 is 0.967. The summed E-state index contributed by atoms with van der Waals surface area (Å²) in [6, 6.07) is 25.4. The number of carbonyl (C=O) groups excluding carboxylic acids is 2. The highest BCUT2D eigenvalue weighted by atomic mass is 32.2. The number of aromatic nitrogens is 1. The van der Waals surface area contributed by atoms with Crippen LogP contribution in [0, 0.1) is 6.92 Å². The maximum atomic E-state index is 13.0. The van der Waals surface area contributed by atoms with Crippen molar-refractivity contribution < 1.29 is 19.1 Å². The molecule has 0 radical (unpaired) electrons. The summed E-state index contributed by atoms with van der Waals surface area (Å²) in [5.41, 5.74) is 3.08. The Morgan fingerprint density at radius 2 is 1.47 bits per heavy atom. The van der Waals surface area contributed by atoms with Gasteiger partial charge in [0.1, 0.15) is 24.7 Å². The third-order valence-electron chi connectivity index (χ3n) is 5.93. The second kappa shape index (κ2) is 10.7. The van der Waals surface area contributed by atoms with Gasteiger partial charge in [0.05, 0.1) is 18.0 Å². The summed E-state index contributed by atoms with van der Waals surface area (Å²) in [6.07, 6.45) is 3.82. The standard InChI is InChI=1S/C29H26N2O4S/c1-21-11-13-24(14-12-21)35-18-16-31-28(32)27(36-29(31)33)19-22-20-30(26-10-6-5-9-25(22)26)15-17-34-23-7-3-2-4-8-23/h2-14,19-20H,15-18H2,1H3/b27-19-. The van der Waals surface area contributed by atoms with Crippen LogP contribution in [0.2, 0.25) is 0 Å². The number of aryl methyl sites for hydroxylation is 1. The van der Waals surface area contributed by atoms with Gasteiger partial charge in [-0.05, 0) is 55.1 Å². The van der Waals surface area contributed by atoms with Crippen molar-refractivity contribution in [2.24, 2.45) is 0 Å². The van der Waals surface area contributed by atoms with Gasteiger partial charge in [0.25, 0.3) is 11.1 Å². The number of hydrogen-bond acceptors (Lipinski definition) is 5. The third kappa shape index (κ3) is 5.31. The Hall–Kier alpha value is -3.97. The van der Waals surface area contributed by atoms with E-state index in [9.17, 15) is 9.59 Å². The Balaban J connectivity index is 1.27. The Kier molecular flexibility index (Phi) is 7.09. The molecule has 2 heterocycles. The number of carbonyl (C=O) groups is 2. The summed E-state index contributed by atoms with van der Waals surface area (Å²) in [5.74, 6) is 1.25. The lowest BCUT2D eigenvalue weighted by Crippen LogP contribution is -2.32. The number of hydrogen-bond donors (Lipinski definition) is 0. The van der Waals surface area contributed by atoms with Crippen molar-refractivity contribution >= 4 is 39.9 Å². The van der Waals surface area contributed by atoms with Crippen LogP contribution in [0.15, 0.2) is 90.0 Å². The predicted molar refractivity (Wildman–Crippen MR) is 143 cm³/mol. The van der Waals surface area contributed by atoms with Gasteiger partial charge in [0, 0.05) is 22.7 Å². The largest absolute Gasteiger partial charge is 0.492 e. The minimum Gasteiger partial charge on any atom is -0.492 e. The molecular weight excluding hydrogens is 472 g/mol. The van der Waals surface area contributed by atoms with Crippen LogP contribution in [0.3, 0.4) is 0 Å². The molecule has 0 N–H and O–H groups in total. The Labute approximate surface area is 214 Å². The van der Waals surface area contributed by atoms with Gasteiger partial charge in [-0.25, -0.2) is 0 Å². The first kappa shape index (κ1) is 23.8. The van der Waals surface area contributed by atoms with Crippen LogP contribution in [0.5, 0.6) is 11.5 Å². The molecule has 5 rings (SSSR count). The van der Waals surface area contributed by atoms with E-state index in [-0.39, 0.29) is 24.3 Å². The van der Waals surface area contributed by atoms with E-state index in [0.29, 0.717) is 23.8 Å². The first-order valence-electron chi connectivity index (χ1n) is 11.8. The number of fused-ring (bicyclic) bond motifs is 1. The summed E-state index contributed by atoms with van der Waals surface area (Å²) in [4.78, 5) is 27.2. The molecule has 2 amide bonds. The molecule has 1 aliphatic rings. The zero-order chi connectivity index (χ0) is 24.9. The molecule has 1 fully saturated rings. The average molecular weight is 499 g/mol. The van der Waals surface area contributed by atoms with Crippen molar-refractivity contribution in [1.82, 2.24) is 9.47 Å². The molecule has 182 valence electrons. The lowest BCUT2D eigenvalue weighted by Gasteiger charge is -2.13. The molecule has 0 spiro atoms. The van der Waals surface area contributed by atoms with E-state index in [1.807, 2.05) is 98.1 Å². The predicted octanol–water partition coefficient (Wildman–Crippen LogP) is 6.14. The van der Waals surface area contributed by atoms with E-state index in [0.717, 1.165) is 39.5 Å². The highest BCUT2D eigenvalue weighted by Gasteiger charge is 2.35. The van der Waals surface area contributed by atoms with Gasteiger partial charge < -0.3 is 14.0 Å². The topological polar surface area (TPSA) is 60.8 Å². The fraction of sp³-hybridized carbons (Fsp3) is 0.172. The number of para-hydroxylation sites is 2. The molecule has 0 aliphatic carbocycles. The van der Waals surface area contributed by atoms with Crippen molar-refractivity contribution in [3.8, 4) is 11.5 Å². The van der Waals surface area contributed by atoms with Crippen LogP contribution in [0.4, 0.5) is 4.79 Å². The fourth-order valence-electron chi connectivity index (χ4n) is 4.08. The second-order valence-corrected chi connectivity index (χ2v) is 9.44. The van der Waals surface area contributed by atoms with E-state index >= 15 is 0 Å². The molecular formula is C29H26N2O4S. The maximum absolute atomic E-state index is 13.0. The number of thioether (sulfide) groups is 1. The van der Waals surface area contributed by atoms with E-state index < -0.39 is 0 Å². The quantitative estimate of drug-likeness (QED) is 0.259. The number of imide groups is 1. The normalized spacial score (nSPS) is 14.7. The minimum absolute atomic E-state index is 0.203. The molecule has 7 heteroatoms. The highest BCUT2D eigenvalue weighted by molar-refractivity contribution is 8.18. The van der Waals surface area contributed by atoms with Crippen molar-refractivity contribution in [1.29, 1.82) is 0 Å². The summed E-state index contributed by atoms with van der Waals surface area (Å²) < 4.78 is 13.7. The third-order valence-corrected chi connectivity index (χ3v) is 6.84. The van der Waals surface area contributed by atoms with Crippen LogP contribution >= 0.6 is 11.8 Å². The number of nitrogens with zero attached hydrogens (tertiary/aromatic N) is 2. The Bertz CT molecular complexity index is 1410. The number of amides is 2. The average Bonchev–Trinajstić information content (AvgIpc) is 3.37. The molecule has 6 nitrogen and oxygen atoms in total. The van der Waals surface area contributed by atoms with Crippen LogP contribution < -0.4 is 9.47 Å². The van der Waals surface area contributed by atoms with E-state index in [1.54, 1.807) is 0 Å². The van der Waals surface area contributed by atoms with Gasteiger partial charge in [-0.2, -0.15) is 0 Å². The molecule has 3 aromatic carbocycles. The number of rotatable bonds is 9. The molecule has 1 saturated heterocycles. The summed E-state index contributed by atoms with van der Waals surface area (Å²) in [7, 11) is 0. The Morgan fingerprint density at radius 3 is 2.25 bits per heavy atom. The van der Waals surface area contributed by atoms with Gasteiger partial charge in [-0.3, -0.25) is 14.5 Å². The van der Waals surface area contributed by atoms with E-state index in [1.165, 1.54) is 4.90 Å². The summed E-state index contributed by atoms with van der Waals surface area (Å²) in [5, 5.41) is 0.741. The lowest BCUT2D eigenvalue weighted by atomic mass is 10.1. The van der Waals surface area contributed by atoms with Gasteiger partial charge in [-0.1, -0.05) is 54.1 Å². The lowest BCUT2D eigenvalue weighted by molar-refractivity contribution is -0.123. The molecule has 0 bridgehead atoms. The second-order valence-electron chi connectivity index (χ2n) is 8.45. The summed E-state index contributed by atoms with van der Waals surface area (Å²) in [6.45, 7) is 3.62. The van der Waals surface area contributed by atoms with Crippen LogP contribution in [0.25, 0.3) is 17.0 Å². The Morgan fingerprint density at radius 1 is 0.806 bits per heavy atom. The molecule has 1 aliphatic heterocycles. The molecule has 4 aromatic rings. The van der Waals surface area contributed by atoms with Gasteiger partial charge in [-0.15, -0.1) is 0 Å². The SMILES string of the molecule is Cc1ccc(OCCN2C(=O)S/C(=C\c3cn(CCOc4ccccc4)c4ccccc34)C2=O)cc1. The molecule has 1 aromatic heterocycles. The van der Waals surface area contributed by atoms with E-state index in [4.69, 9.17) is 9.47 Å². The van der Waals surface area contributed by atoms with Crippen molar-refractivity contribution in [3.05, 3.63) is 101 Å². The minimum atomic E-state index is -0.290. The van der Waals surface area contributed by atoms with Crippen LogP contribution in [-0.2, 0) is 11.3 Å².